The summed E-state index contributed by atoms with van der Waals surface area (Å²) in [6.45, 7) is 0. The van der Waals surface area contributed by atoms with E-state index in [9.17, 15) is 0 Å². The third kappa shape index (κ3) is 2.98. The van der Waals surface area contributed by atoms with E-state index >= 15 is 0 Å². The van der Waals surface area contributed by atoms with Gasteiger partial charge in [-0.05, 0) is 78.8 Å². The van der Waals surface area contributed by atoms with E-state index in [1.54, 1.807) is 0 Å². The minimum Gasteiger partial charge on any atom is -0.456 e. The second kappa shape index (κ2) is 7.81. The van der Waals surface area contributed by atoms with Crippen molar-refractivity contribution in [1.82, 2.24) is 0 Å². The van der Waals surface area contributed by atoms with Crippen molar-refractivity contribution in [3.8, 4) is 22.3 Å². The van der Waals surface area contributed by atoms with Gasteiger partial charge in [-0.3, -0.25) is 0 Å². The van der Waals surface area contributed by atoms with Gasteiger partial charge in [0.05, 0.1) is 0 Å². The average Bonchev–Trinajstić information content (AvgIpc) is 3.35. The number of fused-ring (bicyclic) bond motifs is 8. The molecule has 1 aromatic heterocycles. The van der Waals surface area contributed by atoms with Crippen LogP contribution < -0.4 is 0 Å². The predicted molar refractivity (Wildman–Crippen MR) is 157 cm³/mol. The Kier molecular flexibility index (Phi) is 4.29. The second-order valence-electron chi connectivity index (χ2n) is 9.68. The molecule has 172 valence electrons. The lowest BCUT2D eigenvalue weighted by atomic mass is 9.87. The molecule has 0 saturated carbocycles. The lowest BCUT2D eigenvalue weighted by molar-refractivity contribution is 0.669. The number of hydrogen-bond donors (Lipinski definition) is 0. The fraction of sp³-hybridized carbons (Fsp3) is 0. The van der Waals surface area contributed by atoms with Crippen LogP contribution in [0.3, 0.4) is 0 Å². The summed E-state index contributed by atoms with van der Waals surface area (Å²) < 4.78 is 6.25. The van der Waals surface area contributed by atoms with E-state index in [0.29, 0.717) is 0 Å². The van der Waals surface area contributed by atoms with Gasteiger partial charge in [0.1, 0.15) is 11.2 Å². The highest BCUT2D eigenvalue weighted by atomic mass is 16.3. The van der Waals surface area contributed by atoms with Crippen molar-refractivity contribution in [3.63, 3.8) is 0 Å². The van der Waals surface area contributed by atoms with Crippen molar-refractivity contribution in [2.45, 2.75) is 0 Å². The number of para-hydroxylation sites is 1. The lowest BCUT2D eigenvalue weighted by Gasteiger charge is -2.16. The third-order valence-corrected chi connectivity index (χ3v) is 7.64. The summed E-state index contributed by atoms with van der Waals surface area (Å²) in [5.41, 5.74) is 6.78. The Hall–Kier alpha value is -4.88. The highest BCUT2D eigenvalue weighted by Gasteiger charge is 2.17. The Morgan fingerprint density at radius 2 is 0.919 bits per heavy atom. The van der Waals surface area contributed by atoms with Crippen molar-refractivity contribution >= 4 is 54.3 Å². The summed E-state index contributed by atoms with van der Waals surface area (Å²) >= 11 is 0. The minimum absolute atomic E-state index is 0.923. The molecule has 0 amide bonds. The zero-order chi connectivity index (χ0) is 24.3. The normalized spacial score (nSPS) is 11.8. The van der Waals surface area contributed by atoms with Crippen LogP contribution in [-0.2, 0) is 0 Å². The van der Waals surface area contributed by atoms with Gasteiger partial charge in [0.25, 0.3) is 0 Å². The Labute approximate surface area is 214 Å². The second-order valence-corrected chi connectivity index (χ2v) is 9.68. The van der Waals surface area contributed by atoms with Crippen LogP contribution in [0.4, 0.5) is 0 Å². The highest BCUT2D eigenvalue weighted by Crippen LogP contribution is 2.44. The first-order valence-electron chi connectivity index (χ1n) is 12.7. The molecule has 0 aliphatic carbocycles. The van der Waals surface area contributed by atoms with E-state index < -0.39 is 0 Å². The molecule has 1 heterocycles. The maximum Gasteiger partial charge on any atom is 0.136 e. The van der Waals surface area contributed by atoms with Gasteiger partial charge in [-0.1, -0.05) is 109 Å². The molecule has 0 aliphatic heterocycles. The SMILES string of the molecule is c1ccc(-c2cc3cc(-c4cccc5oc6ccccc6c45)c4ccccc4c3c3ccccc23)cc1. The molecule has 1 nitrogen and oxygen atoms in total. The summed E-state index contributed by atoms with van der Waals surface area (Å²) in [5.74, 6) is 0. The van der Waals surface area contributed by atoms with Crippen molar-refractivity contribution in [2.24, 2.45) is 0 Å². The molecule has 37 heavy (non-hydrogen) atoms. The van der Waals surface area contributed by atoms with E-state index in [1.165, 1.54) is 60.0 Å². The Morgan fingerprint density at radius 3 is 1.68 bits per heavy atom. The summed E-state index contributed by atoms with van der Waals surface area (Å²) in [4.78, 5) is 0. The van der Waals surface area contributed by atoms with E-state index in [0.717, 1.165) is 16.6 Å². The van der Waals surface area contributed by atoms with Crippen LogP contribution in [0, 0.1) is 0 Å². The predicted octanol–water partition coefficient (Wildman–Crippen LogP) is 10.4. The van der Waals surface area contributed by atoms with Gasteiger partial charge in [0.2, 0.25) is 0 Å². The lowest BCUT2D eigenvalue weighted by Crippen LogP contribution is -1.89. The molecule has 8 rings (SSSR count). The van der Waals surface area contributed by atoms with Crippen molar-refractivity contribution in [1.29, 1.82) is 0 Å². The monoisotopic (exact) mass is 470 g/mol. The van der Waals surface area contributed by atoms with Gasteiger partial charge >= 0.3 is 0 Å². The Bertz CT molecular complexity index is 2130. The van der Waals surface area contributed by atoms with E-state index in [1.807, 2.05) is 6.07 Å². The molecule has 0 aliphatic rings. The number of furan rings is 1. The largest absolute Gasteiger partial charge is 0.456 e. The topological polar surface area (TPSA) is 13.1 Å². The Balaban J connectivity index is 1.56. The van der Waals surface area contributed by atoms with Gasteiger partial charge in [0.15, 0.2) is 0 Å². The molecule has 0 fully saturated rings. The minimum atomic E-state index is 0.923. The zero-order valence-corrected chi connectivity index (χ0v) is 20.1. The molecule has 0 bridgehead atoms. The molecule has 0 radical (unpaired) electrons. The summed E-state index contributed by atoms with van der Waals surface area (Å²) in [5, 5.41) is 9.97. The number of hydrogen-bond acceptors (Lipinski definition) is 1. The smallest absolute Gasteiger partial charge is 0.136 e. The summed E-state index contributed by atoms with van der Waals surface area (Å²) in [6, 6.07) is 47.8. The number of rotatable bonds is 2. The van der Waals surface area contributed by atoms with Crippen molar-refractivity contribution in [2.75, 3.05) is 0 Å². The molecule has 0 saturated heterocycles. The summed E-state index contributed by atoms with van der Waals surface area (Å²) in [7, 11) is 0. The van der Waals surface area contributed by atoms with Crippen LogP contribution >= 0.6 is 0 Å². The molecule has 0 N–H and O–H groups in total. The van der Waals surface area contributed by atoms with E-state index in [4.69, 9.17) is 4.42 Å². The quantitative estimate of drug-likeness (QED) is 0.229. The van der Waals surface area contributed by atoms with Crippen molar-refractivity contribution in [3.05, 3.63) is 133 Å². The van der Waals surface area contributed by atoms with Crippen LogP contribution in [0.1, 0.15) is 0 Å². The van der Waals surface area contributed by atoms with Crippen LogP contribution in [0.5, 0.6) is 0 Å². The van der Waals surface area contributed by atoms with Gasteiger partial charge in [-0.15, -0.1) is 0 Å². The Morgan fingerprint density at radius 1 is 0.351 bits per heavy atom. The first kappa shape index (κ1) is 20.3. The molecular weight excluding hydrogens is 448 g/mol. The first-order valence-corrected chi connectivity index (χ1v) is 12.7. The fourth-order valence-corrected chi connectivity index (χ4v) is 6.06. The van der Waals surface area contributed by atoms with E-state index in [2.05, 4.69) is 127 Å². The fourth-order valence-electron chi connectivity index (χ4n) is 6.06. The van der Waals surface area contributed by atoms with Gasteiger partial charge in [-0.2, -0.15) is 0 Å². The van der Waals surface area contributed by atoms with E-state index in [-0.39, 0.29) is 0 Å². The molecule has 1 heteroatoms. The molecular formula is C36H22O. The van der Waals surface area contributed by atoms with Gasteiger partial charge in [0, 0.05) is 10.8 Å². The molecule has 0 unspecified atom stereocenters. The van der Waals surface area contributed by atoms with Crippen LogP contribution in [0.15, 0.2) is 138 Å². The molecule has 8 aromatic rings. The average molecular weight is 471 g/mol. The first-order chi connectivity index (χ1) is 18.4. The van der Waals surface area contributed by atoms with Crippen LogP contribution in [-0.4, -0.2) is 0 Å². The maximum atomic E-state index is 6.25. The third-order valence-electron chi connectivity index (χ3n) is 7.64. The molecule has 0 spiro atoms. The maximum absolute atomic E-state index is 6.25. The van der Waals surface area contributed by atoms with Crippen molar-refractivity contribution < 1.29 is 4.42 Å². The van der Waals surface area contributed by atoms with Gasteiger partial charge in [-0.25, -0.2) is 0 Å². The van der Waals surface area contributed by atoms with Crippen LogP contribution in [0.25, 0.3) is 76.5 Å². The standard InChI is InChI=1S/C36H22O/c1-2-11-23(12-3-1)31-21-24-22-32(29-18-10-20-34-36(29)30-17-8-9-19-33(30)37-34)26-14-5-7-16-28(26)35(24)27-15-6-4-13-25(27)31/h1-22H. The number of benzene rings is 7. The molecule has 7 aromatic carbocycles. The zero-order valence-electron chi connectivity index (χ0n) is 20.1. The van der Waals surface area contributed by atoms with Crippen LogP contribution in [0.2, 0.25) is 0 Å². The van der Waals surface area contributed by atoms with Gasteiger partial charge < -0.3 is 4.42 Å². The molecule has 0 atom stereocenters. The highest BCUT2D eigenvalue weighted by molar-refractivity contribution is 6.27. The summed E-state index contributed by atoms with van der Waals surface area (Å²) in [6.07, 6.45) is 0.